The molecule has 3 heterocycles. The number of aliphatic carboxylic acids is 1. The van der Waals surface area contributed by atoms with Crippen LogP contribution in [0.25, 0.3) is 0 Å². The summed E-state index contributed by atoms with van der Waals surface area (Å²) in [5.74, 6) is -6.81. The second-order valence-electron chi connectivity index (χ2n) is 9.99. The molecule has 0 bridgehead atoms. The zero-order chi connectivity index (χ0) is 32.7. The van der Waals surface area contributed by atoms with Crippen LogP contribution in [-0.2, 0) is 33.3 Å². The first-order valence-corrected chi connectivity index (χ1v) is 13.4. The molecule has 7 atom stereocenters. The average molecular weight is 631 g/mol. The van der Waals surface area contributed by atoms with E-state index in [1.807, 2.05) is 0 Å². The smallest absolute Gasteiger partial charge is 0.342 e. The Bertz CT molecular complexity index is 1170. The molecule has 0 spiro atoms. The van der Waals surface area contributed by atoms with Crippen LogP contribution in [0.1, 0.15) is 0 Å². The van der Waals surface area contributed by atoms with Gasteiger partial charge in [0.2, 0.25) is 12.1 Å². The van der Waals surface area contributed by atoms with Gasteiger partial charge in [0, 0.05) is 19.3 Å². The third kappa shape index (κ3) is 7.53. The lowest BCUT2D eigenvalue weighted by Crippen LogP contribution is -2.69. The zero-order valence-electron chi connectivity index (χ0n) is 23.8. The highest BCUT2D eigenvalue weighted by molar-refractivity contribution is 5.92. The van der Waals surface area contributed by atoms with Crippen LogP contribution in [0.4, 0.5) is 0 Å². The summed E-state index contributed by atoms with van der Waals surface area (Å²) in [5.41, 5.74) is -2.62. The molecule has 0 aromatic carbocycles. The molecule has 17 nitrogen and oxygen atoms in total. The Morgan fingerprint density at radius 3 is 2.55 bits per heavy atom. The van der Waals surface area contributed by atoms with Gasteiger partial charge in [-0.1, -0.05) is 12.2 Å². The van der Waals surface area contributed by atoms with Crippen molar-refractivity contribution in [3.05, 3.63) is 60.1 Å². The molecule has 0 aromatic heterocycles. The second-order valence-corrected chi connectivity index (χ2v) is 9.99. The third-order valence-corrected chi connectivity index (χ3v) is 7.07. The first kappa shape index (κ1) is 35.3. The van der Waals surface area contributed by atoms with E-state index in [0.29, 0.717) is 5.57 Å². The van der Waals surface area contributed by atoms with Crippen LogP contribution in [0, 0.1) is 5.92 Å². The number of carboxylic acids is 1. The number of carboxylic acid groups (broad SMARTS) is 1. The molecule has 1 saturated heterocycles. The van der Waals surface area contributed by atoms with Crippen LogP contribution < -0.4 is 5.32 Å². The maximum Gasteiger partial charge on any atom is 0.342 e. The van der Waals surface area contributed by atoms with Gasteiger partial charge in [-0.2, -0.15) is 0 Å². The Morgan fingerprint density at radius 1 is 1.23 bits per heavy atom. The summed E-state index contributed by atoms with van der Waals surface area (Å²) in [7, 11) is 1.49. The maximum atomic E-state index is 12.8. The van der Waals surface area contributed by atoms with Crippen LogP contribution in [0.2, 0.25) is 0 Å². The number of esters is 1. The quantitative estimate of drug-likeness (QED) is 0.0509. The topological polar surface area (TPSA) is 257 Å². The van der Waals surface area contributed by atoms with Gasteiger partial charge in [0.25, 0.3) is 0 Å². The number of aliphatic hydroxyl groups excluding tert-OH is 4. The highest BCUT2D eigenvalue weighted by Gasteiger charge is 2.58. The third-order valence-electron chi connectivity index (χ3n) is 7.07. The summed E-state index contributed by atoms with van der Waals surface area (Å²) in [6.07, 6.45) is -1.61. The number of β-amino-alcohol motifs (C(OH)–C–C–N with tert-alkyl or cyclic N) is 1. The predicted molar refractivity (Wildman–Crippen MR) is 145 cm³/mol. The van der Waals surface area contributed by atoms with Gasteiger partial charge in [0.05, 0.1) is 31.4 Å². The summed E-state index contributed by atoms with van der Waals surface area (Å²) < 4.78 is 27.0. The molecule has 0 amide bonds. The average Bonchev–Trinajstić information content (AvgIpc) is 2.98. The normalized spacial score (nSPS) is 31.9. The minimum atomic E-state index is -2.99. The van der Waals surface area contributed by atoms with Crippen molar-refractivity contribution in [3.8, 4) is 0 Å². The van der Waals surface area contributed by atoms with Gasteiger partial charge in [-0.3, -0.25) is 5.32 Å². The molecule has 0 unspecified atom stereocenters. The molecular weight excluding hydrogens is 592 g/mol. The molecule has 44 heavy (non-hydrogen) atoms. The highest BCUT2D eigenvalue weighted by atomic mass is 16.8. The molecule has 0 saturated carbocycles. The van der Waals surface area contributed by atoms with Crippen molar-refractivity contribution in [2.24, 2.45) is 5.92 Å². The molecule has 1 fully saturated rings. The Kier molecular flexibility index (Phi) is 12.2. The molecule has 0 radical (unpaired) electrons. The Labute approximate surface area is 251 Å². The number of ether oxygens (including phenoxy) is 5. The number of aliphatic hydroxyl groups is 7. The monoisotopic (exact) mass is 630 g/mol. The molecular formula is C27H38N2O15. The molecule has 3 aliphatic rings. The van der Waals surface area contributed by atoms with Crippen LogP contribution in [0.3, 0.4) is 0 Å². The van der Waals surface area contributed by atoms with E-state index in [1.165, 1.54) is 30.3 Å². The van der Waals surface area contributed by atoms with Crippen molar-refractivity contribution in [3.63, 3.8) is 0 Å². The number of hydrogen-bond donors (Lipinski definition) is 9. The number of carbonyl (C=O) groups is 2. The largest absolute Gasteiger partial charge is 0.478 e. The fourth-order valence-corrected chi connectivity index (χ4v) is 4.85. The Hall–Kier alpha value is -3.20. The molecule has 0 aliphatic carbocycles. The van der Waals surface area contributed by atoms with Gasteiger partial charge in [0.15, 0.2) is 19.2 Å². The molecule has 246 valence electrons. The van der Waals surface area contributed by atoms with E-state index >= 15 is 0 Å². The van der Waals surface area contributed by atoms with Gasteiger partial charge in [-0.15, -0.1) is 6.58 Å². The van der Waals surface area contributed by atoms with Crippen molar-refractivity contribution in [1.29, 1.82) is 0 Å². The van der Waals surface area contributed by atoms with E-state index in [1.54, 1.807) is 0 Å². The number of nitrogens with zero attached hydrogens (tertiary/aromatic N) is 1. The van der Waals surface area contributed by atoms with E-state index in [9.17, 15) is 45.3 Å². The summed E-state index contributed by atoms with van der Waals surface area (Å²) in [5, 5.41) is 83.9. The summed E-state index contributed by atoms with van der Waals surface area (Å²) in [6.45, 7) is 1.51. The van der Waals surface area contributed by atoms with Gasteiger partial charge < -0.3 is 69.4 Å². The molecule has 3 aliphatic heterocycles. The minimum absolute atomic E-state index is 0.109. The van der Waals surface area contributed by atoms with Crippen molar-refractivity contribution >= 4 is 11.9 Å². The van der Waals surface area contributed by atoms with Crippen molar-refractivity contribution in [2.45, 2.75) is 42.3 Å². The van der Waals surface area contributed by atoms with Crippen molar-refractivity contribution in [1.82, 2.24) is 10.2 Å². The summed E-state index contributed by atoms with van der Waals surface area (Å²) in [4.78, 5) is 25.9. The fourth-order valence-electron chi connectivity index (χ4n) is 4.85. The maximum absolute atomic E-state index is 12.8. The number of rotatable bonds is 14. The fraction of sp³-hybridized carbons (Fsp3) is 0.556. The minimum Gasteiger partial charge on any atom is -0.478 e. The second kappa shape index (κ2) is 15.2. The van der Waals surface area contributed by atoms with Gasteiger partial charge >= 0.3 is 11.9 Å². The molecule has 3 rings (SSSR count). The lowest BCUT2D eigenvalue weighted by Gasteiger charge is -2.48. The van der Waals surface area contributed by atoms with Crippen LogP contribution in [0.15, 0.2) is 60.1 Å². The zero-order valence-corrected chi connectivity index (χ0v) is 23.8. The SMILES string of the molecule is C=C[C@H]1[C@H](O[C@@H]2O[C@H](CO)[C@@H](O)C(O)(O)[C@H]2OCNC)OC=C(C(=O)OCO)[C@@]1(O)/C=C\C1=CC(C(=O)O)=CN(CCO)C1. The molecule has 9 N–H and O–H groups in total. The van der Waals surface area contributed by atoms with Gasteiger partial charge in [-0.05, 0) is 24.8 Å². The standard InChI is InChI=1S/C27H38N2O15/c1-3-17-24(44-25-21(41-13-28-2)27(38,39)20(33)19(11-31)43-25)40-12-18(23(36)42-14-32)26(17,37)5-4-15-8-16(22(34)35)10-29(9-15)6-7-30/h3-5,8,10,12,17,19-21,24-25,28,30-33,37-39H,1,6-7,9,11,13-14H2,2H3,(H,34,35)/b5-4-/t17-,19+,20+,21-,24-,25-,26+/m0/s1. The van der Waals surface area contributed by atoms with Crippen LogP contribution in [0.5, 0.6) is 0 Å². The van der Waals surface area contributed by atoms with E-state index in [0.717, 1.165) is 18.4 Å². The lowest BCUT2D eigenvalue weighted by atomic mass is 9.78. The molecule has 17 heteroatoms. The van der Waals surface area contributed by atoms with Crippen molar-refractivity contribution < 1.29 is 74.1 Å². The van der Waals surface area contributed by atoms with E-state index < -0.39 is 79.1 Å². The van der Waals surface area contributed by atoms with Gasteiger partial charge in [0.1, 0.15) is 29.6 Å². The van der Waals surface area contributed by atoms with E-state index in [-0.39, 0.29) is 32.0 Å². The van der Waals surface area contributed by atoms with Crippen LogP contribution in [-0.4, -0.2) is 147 Å². The number of nitrogens with one attached hydrogen (secondary N) is 1. The first-order valence-electron chi connectivity index (χ1n) is 13.4. The predicted octanol–water partition coefficient (Wildman–Crippen LogP) is -3.65. The Morgan fingerprint density at radius 2 is 1.95 bits per heavy atom. The van der Waals surface area contributed by atoms with E-state index in [4.69, 9.17) is 24.1 Å². The van der Waals surface area contributed by atoms with E-state index in [2.05, 4.69) is 16.6 Å². The summed E-state index contributed by atoms with van der Waals surface area (Å²) in [6, 6.07) is 0. The van der Waals surface area contributed by atoms with Gasteiger partial charge in [-0.25, -0.2) is 9.59 Å². The number of hydrogen-bond acceptors (Lipinski definition) is 16. The van der Waals surface area contributed by atoms with Crippen LogP contribution >= 0.6 is 0 Å². The lowest BCUT2D eigenvalue weighted by molar-refractivity contribution is -0.412. The Balaban J connectivity index is 2.02. The van der Waals surface area contributed by atoms with Crippen molar-refractivity contribution in [2.75, 3.05) is 46.9 Å². The summed E-state index contributed by atoms with van der Waals surface area (Å²) >= 11 is 0. The first-order chi connectivity index (χ1) is 20.9. The molecule has 0 aromatic rings. The highest BCUT2D eigenvalue weighted by Crippen LogP contribution is 2.40. The number of carbonyl (C=O) groups excluding carboxylic acids is 1.